The van der Waals surface area contributed by atoms with Crippen LogP contribution in [0.2, 0.25) is 0 Å². The third-order valence-corrected chi connectivity index (χ3v) is 4.11. The maximum atomic E-state index is 13.3. The molecule has 1 amide bonds. The number of nitrogens with two attached hydrogens (primary N) is 1. The number of aliphatic hydroxyl groups is 1. The lowest BCUT2D eigenvalue weighted by atomic mass is 9.92. The highest BCUT2D eigenvalue weighted by Gasteiger charge is 2.38. The number of carbonyl (C=O) groups excluding carboxylic acids is 1. The molecule has 1 aromatic carbocycles. The lowest BCUT2D eigenvalue weighted by Gasteiger charge is -2.36. The fourth-order valence-corrected chi connectivity index (χ4v) is 2.83. The van der Waals surface area contributed by atoms with E-state index in [2.05, 4.69) is 4.98 Å². The summed E-state index contributed by atoms with van der Waals surface area (Å²) in [6, 6.07) is 3.39. The highest BCUT2D eigenvalue weighted by atomic mass is 19.2. The van der Waals surface area contributed by atoms with Gasteiger partial charge in [-0.25, -0.2) is 13.8 Å². The van der Waals surface area contributed by atoms with E-state index in [4.69, 9.17) is 10.2 Å². The predicted octanol–water partition coefficient (Wildman–Crippen LogP) is 1.43. The third-order valence-electron chi connectivity index (χ3n) is 4.11. The van der Waals surface area contributed by atoms with Crippen LogP contribution in [-0.4, -0.2) is 39.6 Å². The normalized spacial score (nSPS) is 21.8. The maximum Gasteiger partial charge on any atom is 0.250 e. The number of benzene rings is 1. The molecule has 6 nitrogen and oxygen atoms in total. The first-order valence-electron chi connectivity index (χ1n) is 7.52. The Morgan fingerprint density at radius 3 is 2.92 bits per heavy atom. The van der Waals surface area contributed by atoms with Gasteiger partial charge in [0.2, 0.25) is 5.89 Å². The number of piperidine rings is 1. The van der Waals surface area contributed by atoms with Crippen molar-refractivity contribution in [3.05, 3.63) is 41.8 Å². The summed E-state index contributed by atoms with van der Waals surface area (Å²) in [5.41, 5.74) is 4.60. The molecule has 2 heterocycles. The average Bonchev–Trinajstić information content (AvgIpc) is 2.98. The SMILES string of the molecule is NC(=O)[C@]1(O)CCCN(Cc2coc(-c3ccc(F)c(F)c3)n2)C1. The van der Waals surface area contributed by atoms with Crippen molar-refractivity contribution in [3.8, 4) is 11.5 Å². The monoisotopic (exact) mass is 337 g/mol. The molecule has 24 heavy (non-hydrogen) atoms. The fourth-order valence-electron chi connectivity index (χ4n) is 2.83. The summed E-state index contributed by atoms with van der Waals surface area (Å²) >= 11 is 0. The van der Waals surface area contributed by atoms with Gasteiger partial charge in [0.05, 0.1) is 5.69 Å². The van der Waals surface area contributed by atoms with Gasteiger partial charge in [0.25, 0.3) is 5.91 Å². The molecule has 0 aliphatic carbocycles. The Morgan fingerprint density at radius 2 is 2.21 bits per heavy atom. The summed E-state index contributed by atoms with van der Waals surface area (Å²) < 4.78 is 31.6. The molecule has 3 N–H and O–H groups in total. The summed E-state index contributed by atoms with van der Waals surface area (Å²) in [4.78, 5) is 17.5. The molecule has 128 valence electrons. The number of hydrogen-bond donors (Lipinski definition) is 2. The molecule has 0 unspecified atom stereocenters. The van der Waals surface area contributed by atoms with Crippen molar-refractivity contribution >= 4 is 5.91 Å². The first-order chi connectivity index (χ1) is 11.4. The van der Waals surface area contributed by atoms with E-state index >= 15 is 0 Å². The van der Waals surface area contributed by atoms with E-state index in [9.17, 15) is 18.7 Å². The second-order valence-electron chi connectivity index (χ2n) is 5.98. The van der Waals surface area contributed by atoms with Crippen LogP contribution >= 0.6 is 0 Å². The number of rotatable bonds is 4. The van der Waals surface area contributed by atoms with Crippen LogP contribution in [0.25, 0.3) is 11.5 Å². The first kappa shape index (κ1) is 16.5. The van der Waals surface area contributed by atoms with E-state index in [0.717, 1.165) is 12.1 Å². The van der Waals surface area contributed by atoms with Crippen LogP contribution in [0.1, 0.15) is 18.5 Å². The number of primary amides is 1. The van der Waals surface area contributed by atoms with E-state index in [1.807, 2.05) is 4.90 Å². The summed E-state index contributed by atoms with van der Waals surface area (Å²) in [7, 11) is 0. The third kappa shape index (κ3) is 3.29. The fraction of sp³-hybridized carbons (Fsp3) is 0.375. The van der Waals surface area contributed by atoms with Crippen LogP contribution in [0, 0.1) is 11.6 Å². The topological polar surface area (TPSA) is 92.6 Å². The molecule has 1 aliphatic heterocycles. The van der Waals surface area contributed by atoms with Gasteiger partial charge in [0.1, 0.15) is 6.26 Å². The lowest BCUT2D eigenvalue weighted by molar-refractivity contribution is -0.142. The molecule has 1 saturated heterocycles. The number of aromatic nitrogens is 1. The van der Waals surface area contributed by atoms with Crippen molar-refractivity contribution in [3.63, 3.8) is 0 Å². The van der Waals surface area contributed by atoms with Crippen molar-refractivity contribution in [2.24, 2.45) is 5.73 Å². The number of hydrogen-bond acceptors (Lipinski definition) is 5. The minimum Gasteiger partial charge on any atom is -0.444 e. The predicted molar refractivity (Wildman–Crippen MR) is 80.5 cm³/mol. The Kier molecular flexibility index (Phi) is 4.33. The highest BCUT2D eigenvalue weighted by Crippen LogP contribution is 2.24. The smallest absolute Gasteiger partial charge is 0.250 e. The van der Waals surface area contributed by atoms with Gasteiger partial charge in [-0.1, -0.05) is 0 Å². The minimum atomic E-state index is -1.54. The van der Waals surface area contributed by atoms with Gasteiger partial charge < -0.3 is 15.3 Å². The largest absolute Gasteiger partial charge is 0.444 e. The van der Waals surface area contributed by atoms with Crippen LogP contribution in [0.3, 0.4) is 0 Å². The zero-order valence-corrected chi connectivity index (χ0v) is 12.8. The van der Waals surface area contributed by atoms with E-state index in [-0.39, 0.29) is 12.4 Å². The molecule has 0 radical (unpaired) electrons. The molecule has 1 aromatic heterocycles. The van der Waals surface area contributed by atoms with Gasteiger partial charge in [-0.15, -0.1) is 0 Å². The van der Waals surface area contributed by atoms with Gasteiger partial charge in [-0.05, 0) is 37.6 Å². The van der Waals surface area contributed by atoms with E-state index < -0.39 is 23.1 Å². The molecule has 0 saturated carbocycles. The minimum absolute atomic E-state index is 0.121. The number of halogens is 2. The highest BCUT2D eigenvalue weighted by molar-refractivity contribution is 5.83. The molecule has 0 spiro atoms. The summed E-state index contributed by atoms with van der Waals surface area (Å²) in [5.74, 6) is -2.49. The van der Waals surface area contributed by atoms with Crippen LogP contribution in [0.5, 0.6) is 0 Å². The Hall–Kier alpha value is -2.32. The van der Waals surface area contributed by atoms with Crippen LogP contribution in [0.15, 0.2) is 28.9 Å². The number of oxazole rings is 1. The van der Waals surface area contributed by atoms with E-state index in [1.165, 1.54) is 12.3 Å². The van der Waals surface area contributed by atoms with Crippen molar-refractivity contribution in [2.75, 3.05) is 13.1 Å². The van der Waals surface area contributed by atoms with Gasteiger partial charge in [0, 0.05) is 18.7 Å². The molecule has 0 bridgehead atoms. The van der Waals surface area contributed by atoms with Crippen molar-refractivity contribution in [1.82, 2.24) is 9.88 Å². The Morgan fingerprint density at radius 1 is 1.42 bits per heavy atom. The van der Waals surface area contributed by atoms with Crippen molar-refractivity contribution in [1.29, 1.82) is 0 Å². The summed E-state index contributed by atoms with van der Waals surface area (Å²) in [6.07, 6.45) is 2.37. The quantitative estimate of drug-likeness (QED) is 0.880. The van der Waals surface area contributed by atoms with Crippen LogP contribution in [0.4, 0.5) is 8.78 Å². The van der Waals surface area contributed by atoms with Gasteiger partial charge in [0.15, 0.2) is 17.2 Å². The zero-order valence-electron chi connectivity index (χ0n) is 12.8. The lowest BCUT2D eigenvalue weighted by Crippen LogP contribution is -2.55. The van der Waals surface area contributed by atoms with Gasteiger partial charge in [-0.3, -0.25) is 9.69 Å². The Balaban J connectivity index is 1.72. The van der Waals surface area contributed by atoms with Crippen molar-refractivity contribution in [2.45, 2.75) is 25.0 Å². The number of nitrogens with zero attached hydrogens (tertiary/aromatic N) is 2. The zero-order chi connectivity index (χ0) is 17.3. The number of carbonyl (C=O) groups is 1. The summed E-state index contributed by atoms with van der Waals surface area (Å²) in [6.45, 7) is 1.15. The average molecular weight is 337 g/mol. The number of β-amino-alcohol motifs (C(OH)–C–C–N with tert-alkyl or cyclic N) is 1. The number of amides is 1. The maximum absolute atomic E-state index is 13.3. The van der Waals surface area contributed by atoms with Crippen LogP contribution in [-0.2, 0) is 11.3 Å². The molecule has 2 aromatic rings. The number of likely N-dealkylation sites (tertiary alicyclic amines) is 1. The second-order valence-corrected chi connectivity index (χ2v) is 5.98. The Bertz CT molecular complexity index is 765. The van der Waals surface area contributed by atoms with Crippen LogP contribution < -0.4 is 5.73 Å². The standard InChI is InChI=1S/C16H17F2N3O3/c17-12-3-2-10(6-13(12)18)14-20-11(8-24-14)7-21-5-1-4-16(23,9-21)15(19)22/h2-3,6,8,23H,1,4-5,7,9H2,(H2,19,22)/t16-/m0/s1. The van der Waals surface area contributed by atoms with E-state index in [0.29, 0.717) is 37.2 Å². The first-order valence-corrected chi connectivity index (χ1v) is 7.52. The van der Waals surface area contributed by atoms with Gasteiger partial charge >= 0.3 is 0 Å². The van der Waals surface area contributed by atoms with Crippen molar-refractivity contribution < 1.29 is 23.1 Å². The second kappa shape index (κ2) is 6.29. The molecular formula is C16H17F2N3O3. The summed E-state index contributed by atoms with van der Waals surface area (Å²) in [5, 5.41) is 10.2. The molecule has 3 rings (SSSR count). The molecular weight excluding hydrogens is 320 g/mol. The molecule has 1 fully saturated rings. The molecule has 8 heteroatoms. The van der Waals surface area contributed by atoms with E-state index in [1.54, 1.807) is 0 Å². The molecule has 1 aliphatic rings. The molecule has 1 atom stereocenters. The van der Waals surface area contributed by atoms with Gasteiger partial charge in [-0.2, -0.15) is 0 Å². The Labute approximate surface area is 136 Å².